The van der Waals surface area contributed by atoms with Gasteiger partial charge in [0.2, 0.25) is 0 Å². The first-order chi connectivity index (χ1) is 13.3. The molecular formula is C19H19BrF3N3O2. The molecule has 0 saturated carbocycles. The Morgan fingerprint density at radius 3 is 2.43 bits per heavy atom. The standard InChI is InChI=1S/C9H9N3.C8H6BrF3O.C2H4O/c1-10-8-5-4-7-3-2-6-11-9(7)12-8;9-6-3-1-2-4-7(6)13-5-8(10,11)12;1-2-3/h2-6H,1H3,(H,10,11,12);1-4H,5H2;2H,1H3. The number of nitrogens with one attached hydrogen (secondary N) is 1. The third-order valence-corrected chi connectivity index (χ3v) is 3.60. The fraction of sp³-hybridized carbons (Fsp3) is 0.211. The molecule has 0 spiro atoms. The number of rotatable bonds is 3. The van der Waals surface area contributed by atoms with Gasteiger partial charge in [0.15, 0.2) is 12.3 Å². The van der Waals surface area contributed by atoms with Crippen LogP contribution in [0.3, 0.4) is 0 Å². The summed E-state index contributed by atoms with van der Waals surface area (Å²) in [6.07, 6.45) is -1.80. The zero-order valence-electron chi connectivity index (χ0n) is 15.2. The SMILES string of the molecule is CC=O.CNc1ccc2cccnc2n1.FC(F)(F)COc1ccccc1Br. The number of halogens is 4. The average molecular weight is 458 g/mol. The number of aldehydes is 1. The minimum absolute atomic E-state index is 0.194. The van der Waals surface area contributed by atoms with Gasteiger partial charge >= 0.3 is 6.18 Å². The summed E-state index contributed by atoms with van der Waals surface area (Å²) in [6.45, 7) is 0.176. The van der Waals surface area contributed by atoms with E-state index in [1.165, 1.54) is 13.0 Å². The smallest absolute Gasteiger partial charge is 0.422 e. The summed E-state index contributed by atoms with van der Waals surface area (Å²) in [7, 11) is 1.84. The molecule has 150 valence electrons. The monoisotopic (exact) mass is 457 g/mol. The third kappa shape index (κ3) is 8.81. The van der Waals surface area contributed by atoms with Crippen LogP contribution in [0.4, 0.5) is 19.0 Å². The number of para-hydroxylation sites is 1. The summed E-state index contributed by atoms with van der Waals surface area (Å²) in [5, 5.41) is 4.03. The Labute approximate surface area is 169 Å². The van der Waals surface area contributed by atoms with E-state index in [9.17, 15) is 13.2 Å². The summed E-state index contributed by atoms with van der Waals surface area (Å²) in [6, 6.07) is 14.2. The van der Waals surface area contributed by atoms with E-state index in [-0.39, 0.29) is 5.75 Å². The second-order valence-electron chi connectivity index (χ2n) is 5.07. The molecule has 0 bridgehead atoms. The fourth-order valence-electron chi connectivity index (χ4n) is 1.81. The van der Waals surface area contributed by atoms with Crippen LogP contribution in [-0.4, -0.2) is 36.1 Å². The van der Waals surface area contributed by atoms with E-state index < -0.39 is 12.8 Å². The number of hydrogen-bond acceptors (Lipinski definition) is 5. The van der Waals surface area contributed by atoms with Crippen molar-refractivity contribution in [2.75, 3.05) is 19.0 Å². The summed E-state index contributed by atoms with van der Waals surface area (Å²) in [5.74, 6) is 1.04. The van der Waals surface area contributed by atoms with Crippen molar-refractivity contribution in [1.29, 1.82) is 0 Å². The highest BCUT2D eigenvalue weighted by molar-refractivity contribution is 9.10. The van der Waals surface area contributed by atoms with E-state index in [4.69, 9.17) is 4.79 Å². The van der Waals surface area contributed by atoms with Gasteiger partial charge in [0.25, 0.3) is 0 Å². The molecule has 5 nitrogen and oxygen atoms in total. The fourth-order valence-corrected chi connectivity index (χ4v) is 2.21. The third-order valence-electron chi connectivity index (χ3n) is 2.95. The summed E-state index contributed by atoms with van der Waals surface area (Å²) < 4.78 is 40.2. The predicted molar refractivity (Wildman–Crippen MR) is 107 cm³/mol. The molecular weight excluding hydrogens is 439 g/mol. The lowest BCUT2D eigenvalue weighted by molar-refractivity contribution is -0.153. The first-order valence-corrected chi connectivity index (χ1v) is 8.83. The van der Waals surface area contributed by atoms with Crippen LogP contribution in [0.5, 0.6) is 5.75 Å². The van der Waals surface area contributed by atoms with Crippen molar-refractivity contribution in [1.82, 2.24) is 9.97 Å². The number of pyridine rings is 2. The van der Waals surface area contributed by atoms with E-state index in [0.29, 0.717) is 4.47 Å². The van der Waals surface area contributed by atoms with Crippen molar-refractivity contribution in [3.8, 4) is 5.75 Å². The minimum Gasteiger partial charge on any atom is -0.483 e. The van der Waals surface area contributed by atoms with Crippen molar-refractivity contribution in [2.45, 2.75) is 13.1 Å². The molecule has 0 atom stereocenters. The molecule has 1 N–H and O–H groups in total. The van der Waals surface area contributed by atoms with Gasteiger partial charge in [0, 0.05) is 18.6 Å². The number of carbonyl (C=O) groups excluding carboxylic acids is 1. The lowest BCUT2D eigenvalue weighted by Gasteiger charge is -2.09. The van der Waals surface area contributed by atoms with E-state index >= 15 is 0 Å². The highest BCUT2D eigenvalue weighted by atomic mass is 79.9. The highest BCUT2D eigenvalue weighted by Gasteiger charge is 2.28. The minimum atomic E-state index is -4.30. The molecule has 2 heterocycles. The van der Waals surface area contributed by atoms with Crippen LogP contribution < -0.4 is 10.1 Å². The maximum Gasteiger partial charge on any atom is 0.422 e. The van der Waals surface area contributed by atoms with Crippen LogP contribution >= 0.6 is 15.9 Å². The quantitative estimate of drug-likeness (QED) is 0.542. The van der Waals surface area contributed by atoms with Gasteiger partial charge in [-0.3, -0.25) is 0 Å². The number of hydrogen-bond donors (Lipinski definition) is 1. The van der Waals surface area contributed by atoms with Crippen LogP contribution in [-0.2, 0) is 4.79 Å². The van der Waals surface area contributed by atoms with Crippen molar-refractivity contribution in [3.63, 3.8) is 0 Å². The van der Waals surface area contributed by atoms with Gasteiger partial charge in [-0.1, -0.05) is 12.1 Å². The molecule has 0 fully saturated rings. The molecule has 3 rings (SSSR count). The predicted octanol–water partition coefficient (Wildman–Crippen LogP) is 5.27. The molecule has 9 heteroatoms. The van der Waals surface area contributed by atoms with Gasteiger partial charge in [0.05, 0.1) is 4.47 Å². The zero-order chi connectivity index (χ0) is 21.0. The molecule has 0 unspecified atom stereocenters. The van der Waals surface area contributed by atoms with Crippen molar-refractivity contribution in [2.24, 2.45) is 0 Å². The first kappa shape index (κ1) is 23.4. The van der Waals surface area contributed by atoms with Gasteiger partial charge in [-0.2, -0.15) is 13.2 Å². The Hall–Kier alpha value is -2.68. The molecule has 0 aliphatic carbocycles. The summed E-state index contributed by atoms with van der Waals surface area (Å²) in [4.78, 5) is 17.2. The Kier molecular flexibility index (Phi) is 9.94. The van der Waals surface area contributed by atoms with Crippen molar-refractivity contribution < 1.29 is 22.7 Å². The Morgan fingerprint density at radius 1 is 1.14 bits per heavy atom. The van der Waals surface area contributed by atoms with E-state index in [1.54, 1.807) is 24.4 Å². The summed E-state index contributed by atoms with van der Waals surface area (Å²) >= 11 is 3.07. The van der Waals surface area contributed by atoms with Gasteiger partial charge < -0.3 is 14.8 Å². The maximum atomic E-state index is 11.7. The molecule has 2 aromatic heterocycles. The molecule has 0 saturated heterocycles. The van der Waals surface area contributed by atoms with E-state index in [0.717, 1.165) is 23.1 Å². The lowest BCUT2D eigenvalue weighted by atomic mass is 10.3. The van der Waals surface area contributed by atoms with Crippen LogP contribution in [0.25, 0.3) is 11.0 Å². The number of carbonyl (C=O) groups is 1. The summed E-state index contributed by atoms with van der Waals surface area (Å²) in [5.41, 5.74) is 0.782. The number of ether oxygens (including phenoxy) is 1. The normalized spacial score (nSPS) is 10.1. The zero-order valence-corrected chi connectivity index (χ0v) is 16.8. The first-order valence-electron chi connectivity index (χ1n) is 8.04. The van der Waals surface area contributed by atoms with Crippen molar-refractivity contribution >= 4 is 39.1 Å². The Morgan fingerprint density at radius 2 is 1.82 bits per heavy atom. The van der Waals surface area contributed by atoms with Gasteiger partial charge in [-0.05, 0) is 59.3 Å². The van der Waals surface area contributed by atoms with Gasteiger partial charge in [0.1, 0.15) is 17.9 Å². The number of alkyl halides is 3. The number of benzene rings is 1. The average Bonchev–Trinajstić information content (AvgIpc) is 2.67. The topological polar surface area (TPSA) is 64.1 Å². The molecule has 3 aromatic rings. The number of anilines is 1. The van der Waals surface area contributed by atoms with E-state index in [2.05, 4.69) is 36.0 Å². The van der Waals surface area contributed by atoms with Crippen LogP contribution in [0.1, 0.15) is 6.92 Å². The Balaban J connectivity index is 0.000000246. The largest absolute Gasteiger partial charge is 0.483 e. The molecule has 0 aliphatic heterocycles. The van der Waals surface area contributed by atoms with Crippen LogP contribution in [0, 0.1) is 0 Å². The number of fused-ring (bicyclic) bond motifs is 1. The van der Waals surface area contributed by atoms with Gasteiger partial charge in [-0.15, -0.1) is 0 Å². The van der Waals surface area contributed by atoms with Crippen LogP contribution in [0.15, 0.2) is 59.2 Å². The second kappa shape index (κ2) is 11.9. The molecule has 0 amide bonds. The highest BCUT2D eigenvalue weighted by Crippen LogP contribution is 2.26. The lowest BCUT2D eigenvalue weighted by Crippen LogP contribution is -2.19. The van der Waals surface area contributed by atoms with Gasteiger partial charge in [-0.25, -0.2) is 9.97 Å². The Bertz CT molecular complexity index is 876. The number of aromatic nitrogens is 2. The molecule has 1 aromatic carbocycles. The van der Waals surface area contributed by atoms with E-state index in [1.807, 2.05) is 31.3 Å². The maximum absolute atomic E-state index is 11.7. The van der Waals surface area contributed by atoms with Crippen molar-refractivity contribution in [3.05, 3.63) is 59.2 Å². The van der Waals surface area contributed by atoms with Crippen LogP contribution in [0.2, 0.25) is 0 Å². The molecule has 28 heavy (non-hydrogen) atoms. The molecule has 0 radical (unpaired) electrons. The number of nitrogens with zero attached hydrogens (tertiary/aromatic N) is 2. The molecule has 0 aliphatic rings. The second-order valence-corrected chi connectivity index (χ2v) is 5.92.